The molecule has 4 heterocycles. The lowest BCUT2D eigenvalue weighted by molar-refractivity contribution is -0.179. The summed E-state index contributed by atoms with van der Waals surface area (Å²) in [5.41, 5.74) is 2.14. The number of aryl methyl sites for hydroxylation is 1. The Kier molecular flexibility index (Phi) is 2.69. The molecule has 0 radical (unpaired) electrons. The third-order valence-electron chi connectivity index (χ3n) is 5.88. The van der Waals surface area contributed by atoms with Gasteiger partial charge in [0.05, 0.1) is 19.1 Å². The van der Waals surface area contributed by atoms with E-state index in [0.717, 1.165) is 43.5 Å². The SMILES string of the molecule is O=C(c1n[nH]c2c1CCC2)N1CC[C@@]23OCCCN2C(=O)C[C@@H]13. The van der Waals surface area contributed by atoms with E-state index in [-0.39, 0.29) is 17.9 Å². The molecule has 2 atom stereocenters. The Balaban J connectivity index is 1.48. The number of nitrogens with zero attached hydrogens (tertiary/aromatic N) is 3. The standard InChI is InChI=1S/C16H20N4O3/c21-13-9-12-16(20(13)6-2-8-23-16)5-7-19(12)15(22)14-10-3-1-4-11(10)17-18-14/h12H,1-9H2,(H,17,18)/t12-,16+/m1/s1. The average molecular weight is 316 g/mol. The van der Waals surface area contributed by atoms with E-state index in [1.54, 1.807) is 0 Å². The Bertz CT molecular complexity index is 699. The molecule has 3 aliphatic heterocycles. The summed E-state index contributed by atoms with van der Waals surface area (Å²) >= 11 is 0. The lowest BCUT2D eigenvalue weighted by Gasteiger charge is -2.42. The van der Waals surface area contributed by atoms with Crippen molar-refractivity contribution >= 4 is 11.8 Å². The molecule has 23 heavy (non-hydrogen) atoms. The van der Waals surface area contributed by atoms with Gasteiger partial charge >= 0.3 is 0 Å². The second-order valence-corrected chi connectivity index (χ2v) is 6.94. The van der Waals surface area contributed by atoms with Crippen molar-refractivity contribution in [1.82, 2.24) is 20.0 Å². The van der Waals surface area contributed by atoms with Crippen LogP contribution in [-0.2, 0) is 22.4 Å². The summed E-state index contributed by atoms with van der Waals surface area (Å²) in [6, 6.07) is -0.170. The van der Waals surface area contributed by atoms with Gasteiger partial charge in [0.1, 0.15) is 0 Å². The van der Waals surface area contributed by atoms with Gasteiger partial charge in [0, 0.05) is 30.8 Å². The predicted octanol–water partition coefficient (Wildman–Crippen LogP) is 0.462. The lowest BCUT2D eigenvalue weighted by atomic mass is 10.0. The maximum absolute atomic E-state index is 13.0. The number of aromatic nitrogens is 2. The molecule has 122 valence electrons. The second kappa shape index (κ2) is 4.56. The number of amides is 2. The second-order valence-electron chi connectivity index (χ2n) is 6.94. The topological polar surface area (TPSA) is 78.5 Å². The summed E-state index contributed by atoms with van der Waals surface area (Å²) in [4.78, 5) is 29.1. The summed E-state index contributed by atoms with van der Waals surface area (Å²) < 4.78 is 6.06. The van der Waals surface area contributed by atoms with Gasteiger partial charge < -0.3 is 14.5 Å². The van der Waals surface area contributed by atoms with Gasteiger partial charge in [-0.05, 0) is 25.7 Å². The molecule has 1 aliphatic carbocycles. The van der Waals surface area contributed by atoms with Crippen LogP contribution in [0.1, 0.15) is 47.4 Å². The van der Waals surface area contributed by atoms with Crippen LogP contribution in [-0.4, -0.2) is 63.3 Å². The van der Waals surface area contributed by atoms with Gasteiger partial charge in [0.2, 0.25) is 5.91 Å². The number of ether oxygens (including phenoxy) is 1. The van der Waals surface area contributed by atoms with Crippen molar-refractivity contribution in [1.29, 1.82) is 0 Å². The minimum atomic E-state index is -0.579. The van der Waals surface area contributed by atoms with Crippen LogP contribution in [0.5, 0.6) is 0 Å². The number of likely N-dealkylation sites (tertiary alicyclic amines) is 1. The maximum Gasteiger partial charge on any atom is 0.275 e. The lowest BCUT2D eigenvalue weighted by Crippen LogP contribution is -2.56. The van der Waals surface area contributed by atoms with Crippen LogP contribution in [0, 0.1) is 0 Å². The molecule has 7 nitrogen and oxygen atoms in total. The Morgan fingerprint density at radius 3 is 3.13 bits per heavy atom. The van der Waals surface area contributed by atoms with E-state index in [1.165, 1.54) is 0 Å². The number of carbonyl (C=O) groups is 2. The molecule has 3 fully saturated rings. The molecule has 3 saturated heterocycles. The number of hydrogen-bond donors (Lipinski definition) is 1. The van der Waals surface area contributed by atoms with E-state index >= 15 is 0 Å². The van der Waals surface area contributed by atoms with Gasteiger partial charge in [-0.1, -0.05) is 0 Å². The van der Waals surface area contributed by atoms with Gasteiger partial charge in [-0.2, -0.15) is 5.10 Å². The first-order chi connectivity index (χ1) is 11.2. The molecular formula is C16H20N4O3. The number of aromatic amines is 1. The van der Waals surface area contributed by atoms with Crippen LogP contribution >= 0.6 is 0 Å². The molecule has 0 saturated carbocycles. The summed E-state index contributed by atoms with van der Waals surface area (Å²) in [6.45, 7) is 2.05. The fraction of sp³-hybridized carbons (Fsp3) is 0.688. The van der Waals surface area contributed by atoms with E-state index in [9.17, 15) is 9.59 Å². The fourth-order valence-electron chi connectivity index (χ4n) is 4.82. The number of nitrogens with one attached hydrogen (secondary N) is 1. The molecule has 1 spiro atoms. The maximum atomic E-state index is 13.0. The van der Waals surface area contributed by atoms with Gasteiger partial charge in [-0.15, -0.1) is 0 Å². The average Bonchev–Trinajstić information content (AvgIpc) is 3.26. The normalized spacial score (nSPS) is 32.2. The van der Waals surface area contributed by atoms with Crippen molar-refractivity contribution in [3.8, 4) is 0 Å². The molecule has 1 N–H and O–H groups in total. The van der Waals surface area contributed by atoms with Gasteiger partial charge in [0.15, 0.2) is 11.4 Å². The van der Waals surface area contributed by atoms with Crippen molar-refractivity contribution in [3.05, 3.63) is 17.0 Å². The zero-order valence-corrected chi connectivity index (χ0v) is 13.0. The van der Waals surface area contributed by atoms with Crippen molar-refractivity contribution in [3.63, 3.8) is 0 Å². The monoisotopic (exact) mass is 316 g/mol. The summed E-state index contributed by atoms with van der Waals surface area (Å²) in [5.74, 6) is 0.0644. The van der Waals surface area contributed by atoms with Gasteiger partial charge in [-0.3, -0.25) is 14.7 Å². The van der Waals surface area contributed by atoms with Gasteiger partial charge in [0.25, 0.3) is 5.91 Å². The third-order valence-corrected chi connectivity index (χ3v) is 5.88. The number of rotatable bonds is 1. The van der Waals surface area contributed by atoms with E-state index in [0.29, 0.717) is 31.7 Å². The van der Waals surface area contributed by atoms with Crippen molar-refractivity contribution in [2.75, 3.05) is 19.7 Å². The molecule has 0 unspecified atom stereocenters. The summed E-state index contributed by atoms with van der Waals surface area (Å²) in [5, 5.41) is 7.27. The number of hydrogen-bond acceptors (Lipinski definition) is 4. The summed E-state index contributed by atoms with van der Waals surface area (Å²) in [7, 11) is 0. The number of H-pyrrole nitrogens is 1. The zero-order valence-electron chi connectivity index (χ0n) is 13.0. The first-order valence-electron chi connectivity index (χ1n) is 8.52. The first kappa shape index (κ1) is 13.5. The van der Waals surface area contributed by atoms with Crippen molar-refractivity contribution in [2.24, 2.45) is 0 Å². The highest BCUT2D eigenvalue weighted by atomic mass is 16.5. The Morgan fingerprint density at radius 1 is 1.30 bits per heavy atom. The van der Waals surface area contributed by atoms with Crippen molar-refractivity contribution < 1.29 is 14.3 Å². The molecular weight excluding hydrogens is 296 g/mol. The van der Waals surface area contributed by atoms with Crippen LogP contribution in [0.3, 0.4) is 0 Å². The van der Waals surface area contributed by atoms with Crippen LogP contribution in [0.2, 0.25) is 0 Å². The smallest absolute Gasteiger partial charge is 0.275 e. The Hall–Kier alpha value is -1.89. The minimum Gasteiger partial charge on any atom is -0.353 e. The summed E-state index contributed by atoms with van der Waals surface area (Å²) in [6.07, 6.45) is 4.92. The Morgan fingerprint density at radius 2 is 2.22 bits per heavy atom. The molecule has 0 bridgehead atoms. The predicted molar refractivity (Wildman–Crippen MR) is 79.7 cm³/mol. The molecule has 1 aromatic heterocycles. The highest BCUT2D eigenvalue weighted by Crippen LogP contribution is 2.45. The molecule has 0 aromatic carbocycles. The van der Waals surface area contributed by atoms with Crippen LogP contribution in [0.15, 0.2) is 0 Å². The largest absolute Gasteiger partial charge is 0.353 e. The highest BCUT2D eigenvalue weighted by Gasteiger charge is 2.61. The Labute approximate surface area is 134 Å². The van der Waals surface area contributed by atoms with E-state index in [1.807, 2.05) is 9.80 Å². The minimum absolute atomic E-state index is 0.0462. The first-order valence-corrected chi connectivity index (χ1v) is 8.52. The van der Waals surface area contributed by atoms with Gasteiger partial charge in [-0.25, -0.2) is 0 Å². The molecule has 7 heteroatoms. The van der Waals surface area contributed by atoms with E-state index in [2.05, 4.69) is 10.2 Å². The number of fused-ring (bicyclic) bond motifs is 1. The third kappa shape index (κ3) is 1.66. The molecule has 4 aliphatic rings. The quantitative estimate of drug-likeness (QED) is 0.816. The molecule has 1 aromatic rings. The zero-order chi connectivity index (χ0) is 15.6. The van der Waals surface area contributed by atoms with E-state index in [4.69, 9.17) is 4.74 Å². The highest BCUT2D eigenvalue weighted by molar-refractivity contribution is 5.95. The van der Waals surface area contributed by atoms with E-state index < -0.39 is 5.72 Å². The van der Waals surface area contributed by atoms with Crippen molar-refractivity contribution in [2.45, 2.75) is 50.3 Å². The van der Waals surface area contributed by atoms with Crippen LogP contribution in [0.25, 0.3) is 0 Å². The molecule has 5 rings (SSSR count). The van der Waals surface area contributed by atoms with Crippen LogP contribution in [0.4, 0.5) is 0 Å². The fourth-order valence-corrected chi connectivity index (χ4v) is 4.82. The molecule has 2 amide bonds. The number of carbonyl (C=O) groups excluding carboxylic acids is 2. The van der Waals surface area contributed by atoms with Crippen LogP contribution < -0.4 is 0 Å².